The summed E-state index contributed by atoms with van der Waals surface area (Å²) >= 11 is 0. The van der Waals surface area contributed by atoms with Gasteiger partial charge in [-0.2, -0.15) is 0 Å². The number of aryl methyl sites for hydroxylation is 1. The molecular weight excluding hydrogens is 518 g/mol. The number of esters is 1. The molecule has 0 saturated heterocycles. The van der Waals surface area contributed by atoms with Gasteiger partial charge in [-0.25, -0.2) is 4.79 Å². The van der Waals surface area contributed by atoms with Gasteiger partial charge in [-0.1, -0.05) is 56.9 Å². The predicted molar refractivity (Wildman–Crippen MR) is 159 cm³/mol. The smallest absolute Gasteiger partial charge is 0.338 e. The van der Waals surface area contributed by atoms with E-state index < -0.39 is 17.9 Å². The van der Waals surface area contributed by atoms with Crippen molar-refractivity contribution in [3.63, 3.8) is 0 Å². The summed E-state index contributed by atoms with van der Waals surface area (Å²) in [4.78, 5) is 41.8. The Kier molecular flexibility index (Phi) is 8.53. The molecule has 0 aliphatic carbocycles. The lowest BCUT2D eigenvalue weighted by atomic mass is 9.97. The number of unbranched alkanes of at least 4 members (excludes halogenated alkanes) is 3. The summed E-state index contributed by atoms with van der Waals surface area (Å²) in [7, 11) is 0. The Hall–Kier alpha value is -4.39. The molecule has 4 aromatic rings. The third-order valence-corrected chi connectivity index (χ3v) is 7.35. The van der Waals surface area contributed by atoms with Gasteiger partial charge in [0, 0.05) is 5.69 Å². The number of amides is 1. The molecule has 1 aliphatic heterocycles. The molecule has 1 unspecified atom stereocenters. The third kappa shape index (κ3) is 5.75. The van der Waals surface area contributed by atoms with Gasteiger partial charge in [0.15, 0.2) is 5.43 Å². The number of ether oxygens (including phenoxy) is 2. The second-order valence-electron chi connectivity index (χ2n) is 10.4. The molecule has 0 N–H and O–H groups in total. The summed E-state index contributed by atoms with van der Waals surface area (Å²) < 4.78 is 17.3. The lowest BCUT2D eigenvalue weighted by molar-refractivity contribution is 0.0499. The Labute approximate surface area is 239 Å². The Bertz CT molecular complexity index is 1600. The molecule has 5 rings (SSSR count). The zero-order valence-electron chi connectivity index (χ0n) is 23.8. The second-order valence-corrected chi connectivity index (χ2v) is 10.4. The van der Waals surface area contributed by atoms with Gasteiger partial charge >= 0.3 is 5.97 Å². The van der Waals surface area contributed by atoms with Crippen LogP contribution in [0.2, 0.25) is 0 Å². The van der Waals surface area contributed by atoms with E-state index >= 15 is 0 Å². The molecule has 41 heavy (non-hydrogen) atoms. The van der Waals surface area contributed by atoms with Crippen LogP contribution in [-0.2, 0) is 4.74 Å². The molecule has 7 nitrogen and oxygen atoms in total. The average molecular weight is 554 g/mol. The van der Waals surface area contributed by atoms with Gasteiger partial charge < -0.3 is 13.9 Å². The normalized spacial score (nSPS) is 14.4. The molecule has 2 heterocycles. The van der Waals surface area contributed by atoms with Crippen molar-refractivity contribution in [2.24, 2.45) is 0 Å². The van der Waals surface area contributed by atoms with Crippen molar-refractivity contribution in [3.8, 4) is 5.75 Å². The fraction of sp³-hybridized carbons (Fsp3) is 0.324. The van der Waals surface area contributed by atoms with Crippen LogP contribution in [0.3, 0.4) is 0 Å². The number of fused-ring (bicyclic) bond motifs is 2. The summed E-state index contributed by atoms with van der Waals surface area (Å²) in [5.74, 6) is -0.0688. The fourth-order valence-corrected chi connectivity index (χ4v) is 5.11. The monoisotopic (exact) mass is 553 g/mol. The van der Waals surface area contributed by atoms with Crippen molar-refractivity contribution in [2.75, 3.05) is 18.1 Å². The number of anilines is 1. The van der Waals surface area contributed by atoms with Gasteiger partial charge in [-0.15, -0.1) is 0 Å². The molecule has 1 atom stereocenters. The summed E-state index contributed by atoms with van der Waals surface area (Å²) in [5, 5.41) is 0.435. The molecule has 0 bridgehead atoms. The van der Waals surface area contributed by atoms with Crippen LogP contribution in [0.5, 0.6) is 5.75 Å². The van der Waals surface area contributed by atoms with E-state index in [1.165, 1.54) is 0 Å². The Morgan fingerprint density at radius 3 is 2.32 bits per heavy atom. The first-order valence-electron chi connectivity index (χ1n) is 14.3. The molecule has 0 saturated carbocycles. The number of hydrogen-bond acceptors (Lipinski definition) is 6. The third-order valence-electron chi connectivity index (χ3n) is 7.35. The maximum atomic E-state index is 13.9. The van der Waals surface area contributed by atoms with Gasteiger partial charge in [-0.3, -0.25) is 14.5 Å². The van der Waals surface area contributed by atoms with E-state index in [1.54, 1.807) is 41.3 Å². The molecule has 3 aromatic carbocycles. The first kappa shape index (κ1) is 28.1. The summed E-state index contributed by atoms with van der Waals surface area (Å²) in [6, 6.07) is 18.8. The number of hydrogen-bond donors (Lipinski definition) is 0. The maximum absolute atomic E-state index is 13.9. The first-order chi connectivity index (χ1) is 19.9. The van der Waals surface area contributed by atoms with E-state index in [2.05, 4.69) is 6.92 Å². The zero-order valence-corrected chi connectivity index (χ0v) is 23.8. The van der Waals surface area contributed by atoms with Crippen LogP contribution in [0.1, 0.15) is 89.6 Å². The lowest BCUT2D eigenvalue weighted by Crippen LogP contribution is -2.29. The molecule has 1 aliphatic rings. The second kappa shape index (κ2) is 12.4. The Morgan fingerprint density at radius 2 is 1.61 bits per heavy atom. The number of nitrogens with zero attached hydrogens (tertiary/aromatic N) is 1. The number of carbonyl (C=O) groups is 2. The van der Waals surface area contributed by atoms with Crippen molar-refractivity contribution in [1.29, 1.82) is 0 Å². The van der Waals surface area contributed by atoms with Crippen LogP contribution in [0, 0.1) is 6.92 Å². The SMILES string of the molecule is CCCCCOc1ccc(C2c3c(oc4ccc(C)cc4c3=O)C(=O)N2c2ccc(C(=O)OCCCC)cc2)cc1. The Balaban J connectivity index is 1.54. The van der Waals surface area contributed by atoms with E-state index in [0.29, 0.717) is 41.0 Å². The summed E-state index contributed by atoms with van der Waals surface area (Å²) in [5.41, 5.74) is 3.04. The predicted octanol–water partition coefficient (Wildman–Crippen LogP) is 7.38. The van der Waals surface area contributed by atoms with Crippen LogP contribution in [-0.4, -0.2) is 25.1 Å². The summed E-state index contributed by atoms with van der Waals surface area (Å²) in [6.07, 6.45) is 4.92. The van der Waals surface area contributed by atoms with E-state index in [0.717, 1.165) is 49.0 Å². The highest BCUT2D eigenvalue weighted by Crippen LogP contribution is 2.41. The molecule has 0 radical (unpaired) electrons. The van der Waals surface area contributed by atoms with E-state index in [1.807, 2.05) is 44.2 Å². The van der Waals surface area contributed by atoms with Crippen LogP contribution >= 0.6 is 0 Å². The highest BCUT2D eigenvalue weighted by atomic mass is 16.5. The van der Waals surface area contributed by atoms with E-state index in [9.17, 15) is 14.4 Å². The van der Waals surface area contributed by atoms with E-state index in [-0.39, 0.29) is 11.2 Å². The van der Waals surface area contributed by atoms with Crippen LogP contribution in [0.25, 0.3) is 11.0 Å². The zero-order chi connectivity index (χ0) is 28.9. The highest BCUT2D eigenvalue weighted by molar-refractivity contribution is 6.10. The molecular formula is C34H35NO6. The molecule has 212 valence electrons. The molecule has 0 fully saturated rings. The fourth-order valence-electron chi connectivity index (χ4n) is 5.11. The number of benzene rings is 3. The topological polar surface area (TPSA) is 86.0 Å². The van der Waals surface area contributed by atoms with Crippen molar-refractivity contribution >= 4 is 28.5 Å². The highest BCUT2D eigenvalue weighted by Gasteiger charge is 2.43. The van der Waals surface area contributed by atoms with Gasteiger partial charge in [0.2, 0.25) is 5.76 Å². The van der Waals surface area contributed by atoms with Crippen molar-refractivity contribution in [2.45, 2.75) is 58.9 Å². The minimum atomic E-state index is -0.713. The van der Waals surface area contributed by atoms with Gasteiger partial charge in [0.25, 0.3) is 5.91 Å². The van der Waals surface area contributed by atoms with Gasteiger partial charge in [0.05, 0.1) is 35.8 Å². The van der Waals surface area contributed by atoms with Gasteiger partial charge in [-0.05, 0) is 73.9 Å². The standard InChI is InChI=1S/C34H35NO6/c1-4-6-8-20-39-26-16-12-23(13-17-26)30-29-31(36)27-21-22(3)9-18-28(27)41-32(29)33(37)35(30)25-14-10-24(11-15-25)34(38)40-19-7-5-2/h9-18,21,30H,4-8,19-20H2,1-3H3. The minimum Gasteiger partial charge on any atom is -0.494 e. The average Bonchev–Trinajstić information content (AvgIpc) is 3.28. The van der Waals surface area contributed by atoms with Crippen molar-refractivity contribution in [1.82, 2.24) is 0 Å². The lowest BCUT2D eigenvalue weighted by Gasteiger charge is -2.25. The summed E-state index contributed by atoms with van der Waals surface area (Å²) in [6.45, 7) is 7.08. The number of rotatable bonds is 11. The van der Waals surface area contributed by atoms with Crippen molar-refractivity contribution in [3.05, 3.63) is 105 Å². The van der Waals surface area contributed by atoms with E-state index in [4.69, 9.17) is 13.9 Å². The van der Waals surface area contributed by atoms with Crippen LogP contribution in [0.15, 0.2) is 75.9 Å². The Morgan fingerprint density at radius 1 is 0.878 bits per heavy atom. The number of carbonyl (C=O) groups excluding carboxylic acids is 2. The van der Waals surface area contributed by atoms with Crippen molar-refractivity contribution < 1.29 is 23.5 Å². The first-order valence-corrected chi connectivity index (χ1v) is 14.3. The molecule has 1 amide bonds. The largest absolute Gasteiger partial charge is 0.494 e. The van der Waals surface area contributed by atoms with Crippen LogP contribution in [0.4, 0.5) is 5.69 Å². The maximum Gasteiger partial charge on any atom is 0.338 e. The minimum absolute atomic E-state index is 0.0271. The quantitative estimate of drug-likeness (QED) is 0.142. The molecule has 0 spiro atoms. The molecule has 1 aromatic heterocycles. The van der Waals surface area contributed by atoms with Gasteiger partial charge in [0.1, 0.15) is 11.3 Å². The molecule has 7 heteroatoms. The van der Waals surface area contributed by atoms with Crippen LogP contribution < -0.4 is 15.1 Å².